The topological polar surface area (TPSA) is 388 Å². The number of aliphatic carboxylic acids is 2. The van der Waals surface area contributed by atoms with Crippen molar-refractivity contribution in [1.29, 1.82) is 0 Å². The van der Waals surface area contributed by atoms with Crippen LogP contribution in [-0.4, -0.2) is 135 Å². The van der Waals surface area contributed by atoms with Crippen molar-refractivity contribution in [2.75, 3.05) is 41.4 Å². The molecule has 0 spiro atoms. The summed E-state index contributed by atoms with van der Waals surface area (Å²) < 4.78 is 66.0. The van der Waals surface area contributed by atoms with Crippen LogP contribution in [0.25, 0.3) is 22.3 Å². The summed E-state index contributed by atoms with van der Waals surface area (Å²) in [4.78, 5) is 77.1. The third kappa shape index (κ3) is 23.5. The standard InChI is InChI=1S/2C21H29N6O5P.C4H4O4.C3H6O2/c2*1-13(2)31-21(28)15(4)26-16-7-5-6-8-17(16)32-33(29)12-30-14(3)9-27-11-25-18-19(22)23-10-24-20(18)27;5-3(6)1-2-4(7)8;1-2-5-3-4/h2*5-8,10-11,13-15,26,33H,9,12H2,1-4H3,(H2,22,23,24);1-2H,(H,5,6)(H,7,8);3H,2H2,1H3/b;;2-1+;/t14?,15-;;;/m0.../s1. The van der Waals surface area contributed by atoms with Crippen molar-refractivity contribution in [3.8, 4) is 11.5 Å². The van der Waals surface area contributed by atoms with Crippen molar-refractivity contribution in [3.63, 3.8) is 0 Å². The number of aromatic nitrogens is 8. The first-order valence-electron chi connectivity index (χ1n) is 24.3. The third-order valence-corrected chi connectivity index (χ3v) is 11.4. The molecule has 2 aromatic carbocycles. The Labute approximate surface area is 456 Å². The molecular formula is C49H68N12O16P2. The third-order valence-electron chi connectivity index (χ3n) is 9.72. The van der Waals surface area contributed by atoms with Crippen LogP contribution in [-0.2, 0) is 69.9 Å². The Morgan fingerprint density at radius 2 is 1.00 bits per heavy atom. The first-order valence-corrected chi connectivity index (χ1v) is 27.4. The number of para-hydroxylation sites is 4. The molecule has 28 nitrogen and oxygen atoms in total. The fourth-order valence-corrected chi connectivity index (χ4v) is 8.07. The fourth-order valence-electron chi connectivity index (χ4n) is 6.26. The normalized spacial score (nSPS) is 13.2. The fraction of sp³-hybridized carbons (Fsp3) is 0.408. The number of carboxylic acid groups (broad SMARTS) is 2. The van der Waals surface area contributed by atoms with Gasteiger partial charge >= 0.3 is 23.9 Å². The number of imidazole rings is 2. The van der Waals surface area contributed by atoms with Gasteiger partial charge in [-0.3, -0.25) is 13.9 Å². The highest BCUT2D eigenvalue weighted by atomic mass is 31.1. The van der Waals surface area contributed by atoms with Crippen LogP contribution in [0.3, 0.4) is 0 Å². The summed E-state index contributed by atoms with van der Waals surface area (Å²) in [5.74, 6) is -1.92. The summed E-state index contributed by atoms with van der Waals surface area (Å²) in [5.41, 5.74) is 15.0. The maximum atomic E-state index is 12.6. The molecule has 5 unspecified atom stereocenters. The number of anilines is 4. The predicted octanol–water partition coefficient (Wildman–Crippen LogP) is 6.04. The Morgan fingerprint density at radius 3 is 1.33 bits per heavy atom. The van der Waals surface area contributed by atoms with Gasteiger partial charge in [-0.2, -0.15) is 0 Å². The van der Waals surface area contributed by atoms with Gasteiger partial charge in [0.15, 0.2) is 22.9 Å². The predicted molar refractivity (Wildman–Crippen MR) is 293 cm³/mol. The Bertz CT molecular complexity index is 2800. The number of nitrogen functional groups attached to an aromatic ring is 2. The molecule has 0 aliphatic rings. The number of rotatable bonds is 26. The van der Waals surface area contributed by atoms with E-state index in [0.717, 1.165) is 0 Å². The zero-order valence-corrected chi connectivity index (χ0v) is 47.0. The number of nitrogens with one attached hydrogen (secondary N) is 2. The molecule has 0 saturated carbocycles. The minimum atomic E-state index is -2.56. The minimum Gasteiger partial charge on any atom is -0.478 e. The summed E-state index contributed by atoms with van der Waals surface area (Å²) in [6.07, 6.45) is 5.96. The molecule has 0 amide bonds. The zero-order valence-electron chi connectivity index (χ0n) is 45.0. The molecule has 6 aromatic rings. The monoisotopic (exact) mass is 1140 g/mol. The number of carboxylic acids is 2. The minimum absolute atomic E-state index is 0.0745. The van der Waals surface area contributed by atoms with Gasteiger partial charge in [0.25, 0.3) is 22.5 Å². The number of carbonyl (C=O) groups is 5. The second-order valence-corrected chi connectivity index (χ2v) is 19.6. The smallest absolute Gasteiger partial charge is 0.328 e. The molecule has 0 aliphatic carbocycles. The zero-order chi connectivity index (χ0) is 58.6. The lowest BCUT2D eigenvalue weighted by atomic mass is 10.2. The number of fused-ring (bicyclic) bond motifs is 2. The number of benzene rings is 2. The SMILES string of the molecule is CC(C)OC(=O)C(C)Nc1ccccc1O[PH](=O)COC(C)Cn1cnc2c(N)ncnc21.CC(C)OC(=O)[C@H](C)Nc1ccccc1O[PH](=O)COC(C)Cn1cnc2c(N)ncnc21.CCOC=O.O=C(O)/C=C/C(=O)O. The first kappa shape index (κ1) is 65.1. The van der Waals surface area contributed by atoms with E-state index in [0.29, 0.717) is 95.2 Å². The van der Waals surface area contributed by atoms with Crippen molar-refractivity contribution < 1.29 is 76.0 Å². The Morgan fingerprint density at radius 1 is 0.620 bits per heavy atom. The van der Waals surface area contributed by atoms with Crippen molar-refractivity contribution in [1.82, 2.24) is 39.0 Å². The van der Waals surface area contributed by atoms with Crippen LogP contribution in [0.5, 0.6) is 11.5 Å². The maximum absolute atomic E-state index is 12.6. The lowest BCUT2D eigenvalue weighted by Crippen LogP contribution is -2.30. The van der Waals surface area contributed by atoms with Crippen LogP contribution in [0, 0.1) is 0 Å². The van der Waals surface area contributed by atoms with E-state index in [1.165, 1.54) is 12.7 Å². The van der Waals surface area contributed by atoms with Crippen LogP contribution in [0.15, 0.2) is 86.0 Å². The largest absolute Gasteiger partial charge is 0.478 e. The van der Waals surface area contributed by atoms with Gasteiger partial charge in [0, 0.05) is 12.2 Å². The molecule has 0 bridgehead atoms. The molecule has 430 valence electrons. The van der Waals surface area contributed by atoms with Gasteiger partial charge in [-0.25, -0.2) is 49.1 Å². The highest BCUT2D eigenvalue weighted by molar-refractivity contribution is 7.39. The van der Waals surface area contributed by atoms with E-state index < -0.39 is 40.1 Å². The Hall–Kier alpha value is -8.19. The van der Waals surface area contributed by atoms with E-state index in [9.17, 15) is 33.1 Å². The summed E-state index contributed by atoms with van der Waals surface area (Å²) in [6, 6.07) is 12.7. The second-order valence-electron chi connectivity index (χ2n) is 17.1. The Kier molecular flexibility index (Phi) is 27.9. The number of nitrogens with two attached hydrogens (primary N) is 2. The van der Waals surface area contributed by atoms with Crippen LogP contribution in [0.4, 0.5) is 23.0 Å². The van der Waals surface area contributed by atoms with E-state index in [2.05, 4.69) is 45.3 Å². The second kappa shape index (κ2) is 33.9. The molecule has 0 radical (unpaired) electrons. The van der Waals surface area contributed by atoms with Crippen LogP contribution in [0.2, 0.25) is 0 Å². The first-order chi connectivity index (χ1) is 37.5. The lowest BCUT2D eigenvalue weighted by molar-refractivity contribution is -0.148. The van der Waals surface area contributed by atoms with Gasteiger partial charge < -0.3 is 74.2 Å². The van der Waals surface area contributed by atoms with Gasteiger partial charge in [-0.1, -0.05) is 24.3 Å². The van der Waals surface area contributed by atoms with E-state index in [4.69, 9.17) is 49.7 Å². The van der Waals surface area contributed by atoms with Crippen LogP contribution >= 0.6 is 16.1 Å². The number of nitrogens with zero attached hydrogens (tertiary/aromatic N) is 8. The van der Waals surface area contributed by atoms with Crippen LogP contribution in [0.1, 0.15) is 62.3 Å². The van der Waals surface area contributed by atoms with Gasteiger partial charge in [-0.15, -0.1) is 0 Å². The van der Waals surface area contributed by atoms with Crippen LogP contribution < -0.4 is 31.1 Å². The molecule has 0 saturated heterocycles. The average Bonchev–Trinajstić information content (AvgIpc) is 4.09. The number of hydrogen-bond donors (Lipinski definition) is 6. The van der Waals surface area contributed by atoms with E-state index in [1.54, 1.807) is 119 Å². The summed E-state index contributed by atoms with van der Waals surface area (Å²) in [7, 11) is -5.12. The lowest BCUT2D eigenvalue weighted by Gasteiger charge is -2.19. The molecular weight excluding hydrogens is 1070 g/mol. The molecule has 6 atom stereocenters. The maximum Gasteiger partial charge on any atom is 0.328 e. The highest BCUT2D eigenvalue weighted by Gasteiger charge is 2.21. The van der Waals surface area contributed by atoms with Gasteiger partial charge in [0.1, 0.15) is 60.0 Å². The molecule has 8 N–H and O–H groups in total. The quantitative estimate of drug-likeness (QED) is 0.0118. The van der Waals surface area contributed by atoms with Gasteiger partial charge in [-0.05, 0) is 86.6 Å². The molecule has 79 heavy (non-hydrogen) atoms. The number of hydrogen-bond acceptors (Lipinski definition) is 24. The van der Waals surface area contributed by atoms with E-state index in [-0.39, 0.29) is 49.1 Å². The molecule has 6 rings (SSSR count). The number of carbonyl (C=O) groups excluding carboxylic acids is 3. The summed E-state index contributed by atoms with van der Waals surface area (Å²) >= 11 is 0. The number of ether oxygens (including phenoxy) is 5. The summed E-state index contributed by atoms with van der Waals surface area (Å²) in [6.45, 7) is 17.8. The molecule has 0 fully saturated rings. The Balaban J connectivity index is 0.000000339. The molecule has 0 aliphatic heterocycles. The molecule has 4 heterocycles. The highest BCUT2D eigenvalue weighted by Crippen LogP contribution is 2.35. The average molecular weight is 1140 g/mol. The van der Waals surface area contributed by atoms with Crippen molar-refractivity contribution in [2.45, 2.75) is 112 Å². The van der Waals surface area contributed by atoms with Gasteiger partial charge in [0.2, 0.25) is 0 Å². The molecule has 4 aromatic heterocycles. The van der Waals surface area contributed by atoms with Crippen molar-refractivity contribution >= 4 is 91.7 Å². The number of esters is 2. The van der Waals surface area contributed by atoms with Gasteiger partial charge in [0.05, 0.1) is 68.1 Å². The van der Waals surface area contributed by atoms with E-state index >= 15 is 0 Å². The molecule has 30 heteroatoms. The van der Waals surface area contributed by atoms with Crippen molar-refractivity contribution in [2.24, 2.45) is 0 Å². The van der Waals surface area contributed by atoms with Crippen molar-refractivity contribution in [3.05, 3.63) is 86.0 Å². The van der Waals surface area contributed by atoms with E-state index in [1.807, 2.05) is 13.8 Å². The summed E-state index contributed by atoms with van der Waals surface area (Å²) in [5, 5.41) is 21.7.